The Morgan fingerprint density at radius 1 is 1.04 bits per heavy atom. The van der Waals surface area contributed by atoms with E-state index in [0.29, 0.717) is 11.1 Å². The number of hydrogen-bond acceptors (Lipinski definition) is 6. The highest BCUT2D eigenvalue weighted by atomic mass is 16.6. The van der Waals surface area contributed by atoms with Crippen LogP contribution in [0.1, 0.15) is 26.3 Å². The molecule has 0 atom stereocenters. The predicted molar refractivity (Wildman–Crippen MR) is 90.2 cm³/mol. The van der Waals surface area contributed by atoms with Crippen LogP contribution in [0.25, 0.3) is 0 Å². The molecule has 134 valence electrons. The van der Waals surface area contributed by atoms with E-state index in [2.05, 4.69) is 10.9 Å². The van der Waals surface area contributed by atoms with Gasteiger partial charge in [0.2, 0.25) is 0 Å². The van der Waals surface area contributed by atoms with E-state index in [1.54, 1.807) is 31.2 Å². The van der Waals surface area contributed by atoms with Crippen molar-refractivity contribution in [2.75, 3.05) is 6.61 Å². The van der Waals surface area contributed by atoms with Crippen LogP contribution in [0.15, 0.2) is 48.5 Å². The Balaban J connectivity index is 1.81. The molecule has 9 nitrogen and oxygen atoms in total. The minimum atomic E-state index is -0.734. The fourth-order valence-corrected chi connectivity index (χ4v) is 1.98. The van der Waals surface area contributed by atoms with Crippen LogP contribution in [0.2, 0.25) is 0 Å². The van der Waals surface area contributed by atoms with Crippen LogP contribution < -0.4 is 10.9 Å². The third kappa shape index (κ3) is 4.87. The number of rotatable bonds is 5. The average molecular weight is 357 g/mol. The number of non-ortho nitro benzene ring substituents is 1. The van der Waals surface area contributed by atoms with E-state index >= 15 is 0 Å². The molecule has 26 heavy (non-hydrogen) atoms. The number of esters is 1. The van der Waals surface area contributed by atoms with Gasteiger partial charge in [0.05, 0.1) is 10.5 Å². The number of hydrogen-bond donors (Lipinski definition) is 2. The van der Waals surface area contributed by atoms with Gasteiger partial charge in [0.25, 0.3) is 17.5 Å². The van der Waals surface area contributed by atoms with Gasteiger partial charge in [0.15, 0.2) is 6.61 Å². The van der Waals surface area contributed by atoms with E-state index in [1.165, 1.54) is 24.3 Å². The largest absolute Gasteiger partial charge is 0.452 e. The quantitative estimate of drug-likeness (QED) is 0.474. The molecule has 0 aliphatic rings. The van der Waals surface area contributed by atoms with E-state index in [9.17, 15) is 24.5 Å². The molecule has 2 aromatic rings. The number of hydrazine groups is 1. The number of carbonyl (C=O) groups excluding carboxylic acids is 3. The molecule has 0 aliphatic heterocycles. The third-order valence-corrected chi connectivity index (χ3v) is 3.36. The number of nitrogens with one attached hydrogen (secondary N) is 2. The van der Waals surface area contributed by atoms with E-state index < -0.39 is 29.3 Å². The molecular weight excluding hydrogens is 342 g/mol. The lowest BCUT2D eigenvalue weighted by Crippen LogP contribution is -2.43. The van der Waals surface area contributed by atoms with Crippen LogP contribution >= 0.6 is 0 Å². The van der Waals surface area contributed by atoms with E-state index in [0.717, 1.165) is 0 Å². The predicted octanol–water partition coefficient (Wildman–Crippen LogP) is 1.52. The van der Waals surface area contributed by atoms with E-state index in [1.807, 2.05) is 0 Å². The monoisotopic (exact) mass is 357 g/mol. The van der Waals surface area contributed by atoms with Crippen molar-refractivity contribution in [1.29, 1.82) is 0 Å². The summed E-state index contributed by atoms with van der Waals surface area (Å²) in [5.41, 5.74) is 5.23. The molecule has 9 heteroatoms. The van der Waals surface area contributed by atoms with Crippen molar-refractivity contribution >= 4 is 23.5 Å². The van der Waals surface area contributed by atoms with Crippen molar-refractivity contribution < 1.29 is 24.0 Å². The standard InChI is InChI=1S/C17H15N3O6/c1-11-4-2-3-5-14(11)17(23)26-10-15(21)18-19-16(22)12-6-8-13(9-7-12)20(24)25/h2-9H,10H2,1H3,(H,18,21)(H,19,22). The number of nitro benzene ring substituents is 1. The second-order valence-electron chi connectivity index (χ2n) is 5.20. The molecule has 2 aromatic carbocycles. The highest BCUT2D eigenvalue weighted by Crippen LogP contribution is 2.11. The number of amides is 2. The summed E-state index contributed by atoms with van der Waals surface area (Å²) in [6, 6.07) is 11.6. The van der Waals surface area contributed by atoms with Crippen LogP contribution in [0.4, 0.5) is 5.69 Å². The number of nitrogens with zero attached hydrogens (tertiary/aromatic N) is 1. The fourth-order valence-electron chi connectivity index (χ4n) is 1.98. The highest BCUT2D eigenvalue weighted by molar-refractivity contribution is 5.96. The van der Waals surface area contributed by atoms with Gasteiger partial charge in [-0.05, 0) is 30.7 Å². The minimum absolute atomic E-state index is 0.118. The number of nitro groups is 1. The molecule has 0 saturated carbocycles. The van der Waals surface area contributed by atoms with Gasteiger partial charge >= 0.3 is 5.97 Å². The Morgan fingerprint density at radius 3 is 2.31 bits per heavy atom. The average Bonchev–Trinajstić information content (AvgIpc) is 2.64. The second kappa shape index (κ2) is 8.38. The molecule has 0 fully saturated rings. The van der Waals surface area contributed by atoms with Gasteiger partial charge in [0, 0.05) is 17.7 Å². The Morgan fingerprint density at radius 2 is 1.69 bits per heavy atom. The first-order valence-electron chi connectivity index (χ1n) is 7.45. The van der Waals surface area contributed by atoms with E-state index in [4.69, 9.17) is 4.74 Å². The highest BCUT2D eigenvalue weighted by Gasteiger charge is 2.13. The number of ether oxygens (including phenoxy) is 1. The Hall–Kier alpha value is -3.75. The SMILES string of the molecule is Cc1ccccc1C(=O)OCC(=O)NNC(=O)c1ccc([N+](=O)[O-])cc1. The van der Waals surface area contributed by atoms with Gasteiger partial charge in [-0.1, -0.05) is 18.2 Å². The van der Waals surface area contributed by atoms with E-state index in [-0.39, 0.29) is 11.3 Å². The molecule has 0 heterocycles. The van der Waals surface area contributed by atoms with Gasteiger partial charge in [-0.2, -0.15) is 0 Å². The molecule has 0 saturated heterocycles. The van der Waals surface area contributed by atoms with Crippen molar-refractivity contribution in [3.8, 4) is 0 Å². The van der Waals surface area contributed by atoms with Gasteiger partial charge in [-0.3, -0.25) is 30.6 Å². The molecule has 2 N–H and O–H groups in total. The molecule has 0 aliphatic carbocycles. The molecule has 0 spiro atoms. The lowest BCUT2D eigenvalue weighted by molar-refractivity contribution is -0.384. The van der Waals surface area contributed by atoms with Crippen molar-refractivity contribution in [3.05, 3.63) is 75.3 Å². The summed E-state index contributed by atoms with van der Waals surface area (Å²) in [5.74, 6) is -2.05. The smallest absolute Gasteiger partial charge is 0.338 e. The molecular formula is C17H15N3O6. The van der Waals surface area contributed by atoms with Crippen molar-refractivity contribution in [1.82, 2.24) is 10.9 Å². The maximum Gasteiger partial charge on any atom is 0.338 e. The first-order chi connectivity index (χ1) is 12.4. The second-order valence-corrected chi connectivity index (χ2v) is 5.20. The maximum absolute atomic E-state index is 11.9. The summed E-state index contributed by atoms with van der Waals surface area (Å²) in [5, 5.41) is 10.6. The third-order valence-electron chi connectivity index (χ3n) is 3.36. The number of benzene rings is 2. The first-order valence-corrected chi connectivity index (χ1v) is 7.45. The van der Waals surface area contributed by atoms with Crippen LogP contribution in [-0.2, 0) is 9.53 Å². The molecule has 2 rings (SSSR count). The molecule has 0 aromatic heterocycles. The molecule has 0 unspecified atom stereocenters. The number of carbonyl (C=O) groups is 3. The fraction of sp³-hybridized carbons (Fsp3) is 0.118. The minimum Gasteiger partial charge on any atom is -0.452 e. The Labute approximate surface area is 148 Å². The summed E-state index contributed by atoms with van der Waals surface area (Å²) < 4.78 is 4.87. The van der Waals surface area contributed by atoms with Crippen molar-refractivity contribution in [3.63, 3.8) is 0 Å². The molecule has 0 radical (unpaired) electrons. The zero-order chi connectivity index (χ0) is 19.1. The summed E-state index contributed by atoms with van der Waals surface area (Å²) in [6.07, 6.45) is 0. The van der Waals surface area contributed by atoms with Crippen LogP contribution in [0.5, 0.6) is 0 Å². The number of aryl methyl sites for hydroxylation is 1. The van der Waals surface area contributed by atoms with Crippen molar-refractivity contribution in [2.45, 2.75) is 6.92 Å². The van der Waals surface area contributed by atoms with Crippen LogP contribution in [0.3, 0.4) is 0 Å². The molecule has 0 bridgehead atoms. The van der Waals surface area contributed by atoms with Crippen LogP contribution in [-0.4, -0.2) is 29.3 Å². The normalized spacial score (nSPS) is 9.88. The molecule has 2 amide bonds. The zero-order valence-electron chi connectivity index (χ0n) is 13.7. The van der Waals surface area contributed by atoms with Gasteiger partial charge in [-0.15, -0.1) is 0 Å². The zero-order valence-corrected chi connectivity index (χ0v) is 13.7. The lowest BCUT2D eigenvalue weighted by atomic mass is 10.1. The van der Waals surface area contributed by atoms with Crippen LogP contribution in [0, 0.1) is 17.0 Å². The summed E-state index contributed by atoms with van der Waals surface area (Å²) in [6.45, 7) is 1.16. The Kier molecular flexibility index (Phi) is 5.99. The Bertz CT molecular complexity index is 848. The maximum atomic E-state index is 11.9. The first kappa shape index (κ1) is 18.6. The van der Waals surface area contributed by atoms with Gasteiger partial charge < -0.3 is 4.74 Å². The van der Waals surface area contributed by atoms with Gasteiger partial charge in [-0.25, -0.2) is 4.79 Å². The summed E-state index contributed by atoms with van der Waals surface area (Å²) in [4.78, 5) is 45.3. The van der Waals surface area contributed by atoms with Gasteiger partial charge in [0.1, 0.15) is 0 Å². The summed E-state index contributed by atoms with van der Waals surface area (Å²) in [7, 11) is 0. The summed E-state index contributed by atoms with van der Waals surface area (Å²) >= 11 is 0. The van der Waals surface area contributed by atoms with Crippen molar-refractivity contribution in [2.24, 2.45) is 0 Å². The topological polar surface area (TPSA) is 128 Å². The lowest BCUT2D eigenvalue weighted by Gasteiger charge is -2.09.